The number of thioether (sulfide) groups is 1. The fourth-order valence-corrected chi connectivity index (χ4v) is 3.01. The maximum absolute atomic E-state index is 13.7. The third kappa shape index (κ3) is 3.95. The lowest BCUT2D eigenvalue weighted by molar-refractivity contribution is -0.134. The summed E-state index contributed by atoms with van der Waals surface area (Å²) in [5.74, 6) is -1.74. The third-order valence-corrected chi connectivity index (χ3v) is 4.27. The lowest BCUT2D eigenvalue weighted by Crippen LogP contribution is -2.44. The fourth-order valence-electron chi connectivity index (χ4n) is 2.01. The van der Waals surface area contributed by atoms with Crippen LogP contribution in [0.2, 0.25) is 0 Å². The number of ether oxygens (including phenoxy) is 1. The highest BCUT2D eigenvalue weighted by molar-refractivity contribution is 8.00. The number of hydrogen-bond acceptors (Lipinski definition) is 4. The van der Waals surface area contributed by atoms with Crippen LogP contribution in [0.3, 0.4) is 0 Å². The molecule has 1 atom stereocenters. The Morgan fingerprint density at radius 3 is 2.67 bits per heavy atom. The first-order valence-electron chi connectivity index (χ1n) is 6.55. The highest BCUT2D eigenvalue weighted by Gasteiger charge is 2.24. The zero-order valence-corrected chi connectivity index (χ0v) is 12.4. The van der Waals surface area contributed by atoms with Gasteiger partial charge in [-0.3, -0.25) is 4.79 Å². The van der Waals surface area contributed by atoms with Gasteiger partial charge in [0.1, 0.15) is 5.82 Å². The number of carbonyl (C=O) groups excluding carboxylic acids is 1. The van der Waals surface area contributed by atoms with E-state index in [1.807, 2.05) is 0 Å². The first kappa shape index (κ1) is 15.8. The topological polar surface area (TPSA) is 66.8 Å². The molecule has 0 bridgehead atoms. The highest BCUT2D eigenvalue weighted by Crippen LogP contribution is 2.28. The summed E-state index contributed by atoms with van der Waals surface area (Å²) < 4.78 is 18.9. The van der Waals surface area contributed by atoms with Gasteiger partial charge in [0.15, 0.2) is 0 Å². The van der Waals surface area contributed by atoms with E-state index in [2.05, 4.69) is 0 Å². The predicted octanol–water partition coefficient (Wildman–Crippen LogP) is 1.86. The Kier molecular flexibility index (Phi) is 5.19. The van der Waals surface area contributed by atoms with Crippen molar-refractivity contribution in [3.63, 3.8) is 0 Å². The fraction of sp³-hybridized carbons (Fsp3) is 0.429. The summed E-state index contributed by atoms with van der Waals surface area (Å²) in [6.45, 7) is 3.76. The quantitative estimate of drug-likeness (QED) is 0.860. The zero-order chi connectivity index (χ0) is 15.4. The van der Waals surface area contributed by atoms with E-state index in [4.69, 9.17) is 9.84 Å². The Morgan fingerprint density at radius 1 is 1.38 bits per heavy atom. The summed E-state index contributed by atoms with van der Waals surface area (Å²) in [4.78, 5) is 25.0. The van der Waals surface area contributed by atoms with Gasteiger partial charge in [-0.15, -0.1) is 11.8 Å². The molecule has 7 heteroatoms. The van der Waals surface area contributed by atoms with E-state index in [-0.39, 0.29) is 16.4 Å². The Labute approximate surface area is 126 Å². The molecule has 5 nitrogen and oxygen atoms in total. The van der Waals surface area contributed by atoms with Crippen LogP contribution in [0.1, 0.15) is 17.3 Å². The van der Waals surface area contributed by atoms with Crippen molar-refractivity contribution in [3.05, 3.63) is 29.6 Å². The molecule has 1 heterocycles. The van der Waals surface area contributed by atoms with Crippen molar-refractivity contribution in [1.29, 1.82) is 0 Å². The number of halogens is 1. The molecule has 0 aromatic heterocycles. The van der Waals surface area contributed by atoms with E-state index >= 15 is 0 Å². The summed E-state index contributed by atoms with van der Waals surface area (Å²) in [6, 6.07) is 3.57. The van der Waals surface area contributed by atoms with E-state index < -0.39 is 17.0 Å². The van der Waals surface area contributed by atoms with E-state index in [9.17, 15) is 14.0 Å². The Morgan fingerprint density at radius 2 is 2.05 bits per heavy atom. The smallest absolute Gasteiger partial charge is 0.335 e. The predicted molar refractivity (Wildman–Crippen MR) is 76.1 cm³/mol. The van der Waals surface area contributed by atoms with Crippen LogP contribution >= 0.6 is 11.8 Å². The van der Waals surface area contributed by atoms with Crippen molar-refractivity contribution in [1.82, 2.24) is 4.90 Å². The maximum Gasteiger partial charge on any atom is 0.335 e. The molecular weight excluding hydrogens is 297 g/mol. The molecule has 0 radical (unpaired) electrons. The van der Waals surface area contributed by atoms with Crippen molar-refractivity contribution in [2.45, 2.75) is 17.1 Å². The minimum atomic E-state index is -1.12. The molecule has 1 N–H and O–H groups in total. The minimum absolute atomic E-state index is 0.00456. The molecule has 1 aromatic carbocycles. The zero-order valence-electron chi connectivity index (χ0n) is 11.5. The number of carboxylic acids is 1. The molecule has 1 saturated heterocycles. The molecule has 0 saturated carbocycles. The van der Waals surface area contributed by atoms with Gasteiger partial charge in [-0.2, -0.15) is 0 Å². The highest BCUT2D eigenvalue weighted by atomic mass is 32.2. The second kappa shape index (κ2) is 6.91. The lowest BCUT2D eigenvalue weighted by atomic mass is 10.2. The first-order valence-corrected chi connectivity index (χ1v) is 7.43. The number of carboxylic acid groups (broad SMARTS) is 1. The number of amides is 1. The number of carbonyl (C=O) groups is 2. The van der Waals surface area contributed by atoms with Gasteiger partial charge in [0, 0.05) is 18.0 Å². The standard InChI is InChI=1S/C14H16FNO4S/c1-9(13(17)16-4-6-20-7-5-16)21-12-8-10(14(18)19)2-3-11(12)15/h2-3,8-9H,4-7H2,1H3,(H,18,19). The van der Waals surface area contributed by atoms with Crippen LogP contribution in [-0.4, -0.2) is 53.4 Å². The van der Waals surface area contributed by atoms with Crippen LogP contribution in [0.25, 0.3) is 0 Å². The van der Waals surface area contributed by atoms with E-state index in [1.54, 1.807) is 11.8 Å². The van der Waals surface area contributed by atoms with Gasteiger partial charge < -0.3 is 14.7 Å². The molecule has 0 spiro atoms. The maximum atomic E-state index is 13.7. The molecule has 0 aliphatic carbocycles. The first-order chi connectivity index (χ1) is 9.99. The summed E-state index contributed by atoms with van der Waals surface area (Å²) in [5, 5.41) is 8.44. The SMILES string of the molecule is CC(Sc1cc(C(=O)O)ccc1F)C(=O)N1CCOCC1. The Hall–Kier alpha value is -1.60. The largest absolute Gasteiger partial charge is 0.478 e. The van der Waals surface area contributed by atoms with Crippen LogP contribution in [0.5, 0.6) is 0 Å². The van der Waals surface area contributed by atoms with Gasteiger partial charge in [-0.25, -0.2) is 9.18 Å². The van der Waals surface area contributed by atoms with Crippen LogP contribution in [0.4, 0.5) is 4.39 Å². The number of nitrogens with zero attached hydrogens (tertiary/aromatic N) is 1. The van der Waals surface area contributed by atoms with E-state index in [1.165, 1.54) is 12.1 Å². The van der Waals surface area contributed by atoms with E-state index in [0.29, 0.717) is 26.3 Å². The van der Waals surface area contributed by atoms with Crippen LogP contribution < -0.4 is 0 Å². The lowest BCUT2D eigenvalue weighted by Gasteiger charge is -2.29. The minimum Gasteiger partial charge on any atom is -0.478 e. The number of benzene rings is 1. The monoisotopic (exact) mass is 313 g/mol. The Balaban J connectivity index is 2.07. The molecule has 1 unspecified atom stereocenters. The number of hydrogen-bond donors (Lipinski definition) is 1. The van der Waals surface area contributed by atoms with Crippen molar-refractivity contribution < 1.29 is 23.8 Å². The normalized spacial score (nSPS) is 16.6. The van der Waals surface area contributed by atoms with Crippen LogP contribution in [-0.2, 0) is 9.53 Å². The molecular formula is C14H16FNO4S. The second-order valence-corrected chi connectivity index (χ2v) is 6.03. The van der Waals surface area contributed by atoms with Gasteiger partial charge in [0.25, 0.3) is 0 Å². The van der Waals surface area contributed by atoms with Gasteiger partial charge >= 0.3 is 5.97 Å². The molecule has 21 heavy (non-hydrogen) atoms. The number of rotatable bonds is 4. The van der Waals surface area contributed by atoms with Crippen molar-refractivity contribution in [2.75, 3.05) is 26.3 Å². The number of aromatic carboxylic acids is 1. The molecule has 1 aromatic rings. The summed E-state index contributed by atoms with van der Waals surface area (Å²) in [5.41, 5.74) is 0.00456. The number of morpholine rings is 1. The van der Waals surface area contributed by atoms with Gasteiger partial charge in [0.05, 0.1) is 24.0 Å². The molecule has 1 aliphatic heterocycles. The molecule has 1 fully saturated rings. The molecule has 114 valence electrons. The van der Waals surface area contributed by atoms with Crippen LogP contribution in [0.15, 0.2) is 23.1 Å². The van der Waals surface area contributed by atoms with Crippen molar-refractivity contribution in [3.8, 4) is 0 Å². The van der Waals surface area contributed by atoms with Gasteiger partial charge in [-0.1, -0.05) is 0 Å². The third-order valence-electron chi connectivity index (χ3n) is 3.15. The summed E-state index contributed by atoms with van der Waals surface area (Å²) in [7, 11) is 0. The Bertz CT molecular complexity index is 546. The molecule has 1 aliphatic rings. The average Bonchev–Trinajstić information content (AvgIpc) is 2.49. The second-order valence-electron chi connectivity index (χ2n) is 4.65. The summed E-state index contributed by atoms with van der Waals surface area (Å²) >= 11 is 1.03. The van der Waals surface area contributed by atoms with Crippen LogP contribution in [0, 0.1) is 5.82 Å². The van der Waals surface area contributed by atoms with Crippen molar-refractivity contribution >= 4 is 23.6 Å². The van der Waals surface area contributed by atoms with Gasteiger partial charge in [-0.05, 0) is 25.1 Å². The van der Waals surface area contributed by atoms with E-state index in [0.717, 1.165) is 17.8 Å². The van der Waals surface area contributed by atoms with Crippen molar-refractivity contribution in [2.24, 2.45) is 0 Å². The molecule has 2 rings (SSSR count). The molecule has 1 amide bonds. The average molecular weight is 313 g/mol. The van der Waals surface area contributed by atoms with Gasteiger partial charge in [0.2, 0.25) is 5.91 Å². The summed E-state index contributed by atoms with van der Waals surface area (Å²) in [6.07, 6.45) is 0.